The molecule has 0 radical (unpaired) electrons. The molecule has 2 unspecified atom stereocenters. The standard InChI is InChI=1S/C11H23NO2/c1-9(13)10(2)14-8-11(12)6-4-3-5-7-11/h9-10,13H,3-8,12H2,1-2H3. The Morgan fingerprint density at radius 2 is 1.86 bits per heavy atom. The first-order valence-electron chi connectivity index (χ1n) is 5.62. The Hall–Kier alpha value is -0.120. The van der Waals surface area contributed by atoms with Crippen molar-refractivity contribution < 1.29 is 9.84 Å². The quantitative estimate of drug-likeness (QED) is 0.723. The van der Waals surface area contributed by atoms with E-state index in [-0.39, 0.29) is 11.6 Å². The van der Waals surface area contributed by atoms with E-state index in [2.05, 4.69) is 0 Å². The summed E-state index contributed by atoms with van der Waals surface area (Å²) in [7, 11) is 0. The van der Waals surface area contributed by atoms with Gasteiger partial charge in [0.25, 0.3) is 0 Å². The van der Waals surface area contributed by atoms with Crippen LogP contribution in [0.15, 0.2) is 0 Å². The van der Waals surface area contributed by atoms with E-state index >= 15 is 0 Å². The maximum absolute atomic E-state index is 9.27. The van der Waals surface area contributed by atoms with Crippen molar-refractivity contribution in [2.45, 2.75) is 63.7 Å². The highest BCUT2D eigenvalue weighted by atomic mass is 16.5. The molecule has 1 aliphatic carbocycles. The monoisotopic (exact) mass is 201 g/mol. The summed E-state index contributed by atoms with van der Waals surface area (Å²) in [6, 6.07) is 0. The van der Waals surface area contributed by atoms with E-state index in [4.69, 9.17) is 10.5 Å². The van der Waals surface area contributed by atoms with Gasteiger partial charge in [-0.25, -0.2) is 0 Å². The highest BCUT2D eigenvalue weighted by Crippen LogP contribution is 2.26. The van der Waals surface area contributed by atoms with Crippen LogP contribution in [0.1, 0.15) is 46.0 Å². The Morgan fingerprint density at radius 3 is 2.36 bits per heavy atom. The highest BCUT2D eigenvalue weighted by Gasteiger charge is 2.28. The van der Waals surface area contributed by atoms with Gasteiger partial charge in [-0.3, -0.25) is 0 Å². The van der Waals surface area contributed by atoms with E-state index in [0.717, 1.165) is 12.8 Å². The predicted octanol–water partition coefficient (Wildman–Crippen LogP) is 1.43. The fourth-order valence-electron chi connectivity index (χ4n) is 1.84. The number of rotatable bonds is 4. The van der Waals surface area contributed by atoms with Crippen LogP contribution < -0.4 is 5.73 Å². The molecule has 3 N–H and O–H groups in total. The topological polar surface area (TPSA) is 55.5 Å². The second kappa shape index (κ2) is 5.10. The minimum Gasteiger partial charge on any atom is -0.391 e. The molecule has 0 aliphatic heterocycles. The lowest BCUT2D eigenvalue weighted by Crippen LogP contribution is -2.47. The fourth-order valence-corrected chi connectivity index (χ4v) is 1.84. The number of aliphatic hydroxyl groups excluding tert-OH is 1. The van der Waals surface area contributed by atoms with Crippen molar-refractivity contribution in [2.24, 2.45) is 5.73 Å². The molecule has 1 fully saturated rings. The van der Waals surface area contributed by atoms with Gasteiger partial charge in [0.15, 0.2) is 0 Å². The molecule has 1 saturated carbocycles. The molecule has 0 aromatic carbocycles. The lowest BCUT2D eigenvalue weighted by Gasteiger charge is -2.34. The highest BCUT2D eigenvalue weighted by molar-refractivity contribution is 4.87. The average Bonchev–Trinajstić information content (AvgIpc) is 2.15. The lowest BCUT2D eigenvalue weighted by molar-refractivity contribution is -0.0420. The molecule has 84 valence electrons. The Morgan fingerprint density at radius 1 is 1.29 bits per heavy atom. The van der Waals surface area contributed by atoms with E-state index in [9.17, 15) is 5.11 Å². The number of aliphatic hydroxyl groups is 1. The summed E-state index contributed by atoms with van der Waals surface area (Å²) >= 11 is 0. The van der Waals surface area contributed by atoms with Crippen LogP contribution in [-0.4, -0.2) is 29.5 Å². The molecule has 3 heteroatoms. The molecule has 0 amide bonds. The fraction of sp³-hybridized carbons (Fsp3) is 1.00. The summed E-state index contributed by atoms with van der Waals surface area (Å²) in [5.74, 6) is 0. The summed E-state index contributed by atoms with van der Waals surface area (Å²) in [4.78, 5) is 0. The van der Waals surface area contributed by atoms with Crippen LogP contribution in [-0.2, 0) is 4.74 Å². The maximum Gasteiger partial charge on any atom is 0.0804 e. The van der Waals surface area contributed by atoms with Crippen molar-refractivity contribution in [3.63, 3.8) is 0 Å². The van der Waals surface area contributed by atoms with Gasteiger partial charge in [-0.1, -0.05) is 19.3 Å². The van der Waals surface area contributed by atoms with E-state index in [0.29, 0.717) is 6.61 Å². The Labute approximate surface area is 86.6 Å². The zero-order valence-corrected chi connectivity index (χ0v) is 9.33. The zero-order chi connectivity index (χ0) is 10.6. The molecule has 0 aromatic rings. The summed E-state index contributed by atoms with van der Waals surface area (Å²) in [6.07, 6.45) is 5.30. The molecule has 0 spiro atoms. The van der Waals surface area contributed by atoms with E-state index in [1.807, 2.05) is 6.92 Å². The number of hydrogen-bond donors (Lipinski definition) is 2. The third-order valence-electron chi connectivity index (χ3n) is 3.16. The van der Waals surface area contributed by atoms with Gasteiger partial charge in [0, 0.05) is 5.54 Å². The van der Waals surface area contributed by atoms with Crippen LogP contribution >= 0.6 is 0 Å². The number of ether oxygens (including phenoxy) is 1. The Kier molecular flexibility index (Phi) is 4.35. The number of hydrogen-bond acceptors (Lipinski definition) is 3. The third kappa shape index (κ3) is 3.56. The second-order valence-electron chi connectivity index (χ2n) is 4.68. The Balaban J connectivity index is 2.28. The summed E-state index contributed by atoms with van der Waals surface area (Å²) in [5, 5.41) is 9.27. The summed E-state index contributed by atoms with van der Waals surface area (Å²) < 4.78 is 5.57. The van der Waals surface area contributed by atoms with Crippen molar-refractivity contribution in [3.8, 4) is 0 Å². The first-order valence-corrected chi connectivity index (χ1v) is 5.62. The van der Waals surface area contributed by atoms with Gasteiger partial charge < -0.3 is 15.6 Å². The van der Waals surface area contributed by atoms with E-state index in [1.165, 1.54) is 19.3 Å². The third-order valence-corrected chi connectivity index (χ3v) is 3.16. The van der Waals surface area contributed by atoms with Gasteiger partial charge in [0.05, 0.1) is 18.8 Å². The van der Waals surface area contributed by atoms with Crippen LogP contribution in [0.25, 0.3) is 0 Å². The molecule has 0 bridgehead atoms. The van der Waals surface area contributed by atoms with E-state index < -0.39 is 6.10 Å². The van der Waals surface area contributed by atoms with E-state index in [1.54, 1.807) is 6.92 Å². The SMILES string of the molecule is CC(O)C(C)OCC1(N)CCCCC1. The normalized spacial score (nSPS) is 25.7. The molecular formula is C11H23NO2. The van der Waals surface area contributed by atoms with Crippen molar-refractivity contribution in [1.29, 1.82) is 0 Å². The summed E-state index contributed by atoms with van der Waals surface area (Å²) in [6.45, 7) is 4.21. The molecule has 0 heterocycles. The molecule has 1 rings (SSSR count). The van der Waals surface area contributed by atoms with Crippen LogP contribution in [0.4, 0.5) is 0 Å². The van der Waals surface area contributed by atoms with Crippen molar-refractivity contribution >= 4 is 0 Å². The Bertz CT molecular complexity index is 165. The number of nitrogens with two attached hydrogens (primary N) is 1. The van der Waals surface area contributed by atoms with Gasteiger partial charge in [0.2, 0.25) is 0 Å². The van der Waals surface area contributed by atoms with Crippen molar-refractivity contribution in [3.05, 3.63) is 0 Å². The molecule has 3 nitrogen and oxygen atoms in total. The molecular weight excluding hydrogens is 178 g/mol. The lowest BCUT2D eigenvalue weighted by atomic mass is 9.83. The minimum atomic E-state index is -0.415. The van der Waals surface area contributed by atoms with Gasteiger partial charge in [0.1, 0.15) is 0 Å². The van der Waals surface area contributed by atoms with Crippen molar-refractivity contribution in [2.75, 3.05) is 6.61 Å². The van der Waals surface area contributed by atoms with Gasteiger partial charge in [-0.05, 0) is 26.7 Å². The smallest absolute Gasteiger partial charge is 0.0804 e. The summed E-state index contributed by atoms with van der Waals surface area (Å²) in [5.41, 5.74) is 6.06. The van der Waals surface area contributed by atoms with Crippen molar-refractivity contribution in [1.82, 2.24) is 0 Å². The first kappa shape index (κ1) is 12.0. The van der Waals surface area contributed by atoms with Gasteiger partial charge in [-0.15, -0.1) is 0 Å². The zero-order valence-electron chi connectivity index (χ0n) is 9.33. The van der Waals surface area contributed by atoms with Crippen LogP contribution in [0, 0.1) is 0 Å². The average molecular weight is 201 g/mol. The van der Waals surface area contributed by atoms with Crippen LogP contribution in [0.3, 0.4) is 0 Å². The second-order valence-corrected chi connectivity index (χ2v) is 4.68. The van der Waals surface area contributed by atoms with Crippen LogP contribution in [0.2, 0.25) is 0 Å². The van der Waals surface area contributed by atoms with Gasteiger partial charge in [-0.2, -0.15) is 0 Å². The maximum atomic E-state index is 9.27. The predicted molar refractivity (Wildman–Crippen MR) is 57.1 cm³/mol. The minimum absolute atomic E-state index is 0.114. The largest absolute Gasteiger partial charge is 0.391 e. The molecule has 1 aliphatic rings. The molecule has 2 atom stereocenters. The first-order chi connectivity index (χ1) is 6.53. The molecule has 0 aromatic heterocycles. The van der Waals surface area contributed by atoms with Crippen LogP contribution in [0.5, 0.6) is 0 Å². The van der Waals surface area contributed by atoms with Gasteiger partial charge >= 0.3 is 0 Å². The molecule has 14 heavy (non-hydrogen) atoms. The molecule has 0 saturated heterocycles.